The number of carbonyl (C=O) groups is 1. The van der Waals surface area contributed by atoms with Gasteiger partial charge in [-0.25, -0.2) is 12.8 Å². The van der Waals surface area contributed by atoms with Gasteiger partial charge in [0.25, 0.3) is 10.0 Å². The third kappa shape index (κ3) is 5.08. The van der Waals surface area contributed by atoms with E-state index in [1.54, 1.807) is 0 Å². The molecule has 0 aliphatic heterocycles. The summed E-state index contributed by atoms with van der Waals surface area (Å²) in [6.45, 7) is 5.24. The Hall–Kier alpha value is -3.39. The predicted molar refractivity (Wildman–Crippen MR) is 123 cm³/mol. The van der Waals surface area contributed by atoms with Gasteiger partial charge in [-0.1, -0.05) is 17.7 Å². The number of sulfonamides is 1. The lowest BCUT2D eigenvalue weighted by molar-refractivity contribution is -0.114. The van der Waals surface area contributed by atoms with Crippen molar-refractivity contribution in [2.45, 2.75) is 25.7 Å². The molecule has 0 aliphatic carbocycles. The molecule has 3 aromatic rings. The van der Waals surface area contributed by atoms with Crippen molar-refractivity contribution < 1.29 is 22.3 Å². The third-order valence-corrected chi connectivity index (χ3v) is 6.78. The van der Waals surface area contributed by atoms with Crippen molar-refractivity contribution in [1.29, 1.82) is 0 Å². The molecule has 0 bridgehead atoms. The predicted octanol–water partition coefficient (Wildman–Crippen LogP) is 4.59. The summed E-state index contributed by atoms with van der Waals surface area (Å²) in [7, 11) is -2.63. The van der Waals surface area contributed by atoms with E-state index in [4.69, 9.17) is 4.74 Å². The first kappa shape index (κ1) is 23.3. The topological polar surface area (TPSA) is 75.7 Å². The van der Waals surface area contributed by atoms with E-state index >= 15 is 0 Å². The summed E-state index contributed by atoms with van der Waals surface area (Å²) >= 11 is 0. The van der Waals surface area contributed by atoms with Gasteiger partial charge >= 0.3 is 0 Å². The van der Waals surface area contributed by atoms with Crippen molar-refractivity contribution in [3.63, 3.8) is 0 Å². The summed E-state index contributed by atoms with van der Waals surface area (Å²) < 4.78 is 46.3. The van der Waals surface area contributed by atoms with Gasteiger partial charge in [-0.15, -0.1) is 0 Å². The van der Waals surface area contributed by atoms with Crippen LogP contribution >= 0.6 is 0 Å². The van der Waals surface area contributed by atoms with Crippen molar-refractivity contribution in [3.8, 4) is 5.75 Å². The molecule has 0 unspecified atom stereocenters. The van der Waals surface area contributed by atoms with Crippen LogP contribution in [0.4, 0.5) is 15.8 Å². The monoisotopic (exact) mass is 456 g/mol. The molecule has 0 saturated heterocycles. The molecule has 32 heavy (non-hydrogen) atoms. The quantitative estimate of drug-likeness (QED) is 0.564. The SMILES string of the molecule is COc1ccc(S(=O)(=O)N(CC(=O)Nc2c(C)cc(C)cc2C)c2ccc(F)cc2)cc1. The minimum Gasteiger partial charge on any atom is -0.497 e. The number of benzene rings is 3. The van der Waals surface area contributed by atoms with Crippen LogP contribution in [0.2, 0.25) is 0 Å². The number of nitrogens with one attached hydrogen (secondary N) is 1. The lowest BCUT2D eigenvalue weighted by atomic mass is 10.1. The van der Waals surface area contributed by atoms with E-state index in [9.17, 15) is 17.6 Å². The number of hydrogen-bond acceptors (Lipinski definition) is 4. The highest BCUT2D eigenvalue weighted by atomic mass is 32.2. The number of anilines is 2. The standard InChI is InChI=1S/C24H25FN2O4S/c1-16-13-17(2)24(18(3)14-16)26-23(28)15-27(20-7-5-19(25)6-8-20)32(29,30)22-11-9-21(31-4)10-12-22/h5-14H,15H2,1-4H3,(H,26,28). The first-order chi connectivity index (χ1) is 15.1. The molecule has 0 saturated carbocycles. The fourth-order valence-electron chi connectivity index (χ4n) is 3.48. The van der Waals surface area contributed by atoms with Crippen molar-refractivity contribution in [2.75, 3.05) is 23.3 Å². The zero-order chi connectivity index (χ0) is 23.5. The minimum atomic E-state index is -4.11. The van der Waals surface area contributed by atoms with Crippen LogP contribution in [0.1, 0.15) is 16.7 Å². The minimum absolute atomic E-state index is 0.0156. The average Bonchev–Trinajstić information content (AvgIpc) is 2.75. The number of methoxy groups -OCH3 is 1. The van der Waals surface area contributed by atoms with Crippen LogP contribution in [-0.2, 0) is 14.8 Å². The summed E-state index contributed by atoms with van der Waals surface area (Å²) in [6, 6.07) is 14.7. The van der Waals surface area contributed by atoms with Crippen molar-refractivity contribution in [3.05, 3.63) is 83.2 Å². The number of halogens is 1. The Morgan fingerprint density at radius 2 is 1.53 bits per heavy atom. The second-order valence-corrected chi connectivity index (χ2v) is 9.35. The summed E-state index contributed by atoms with van der Waals surface area (Å²) in [6.07, 6.45) is 0. The van der Waals surface area contributed by atoms with Gasteiger partial charge < -0.3 is 10.1 Å². The number of hydrogen-bond donors (Lipinski definition) is 1. The molecular formula is C24H25FN2O4S. The molecule has 0 aliphatic rings. The van der Waals surface area contributed by atoms with E-state index in [0.29, 0.717) is 11.4 Å². The normalized spacial score (nSPS) is 11.2. The molecule has 0 spiro atoms. The first-order valence-electron chi connectivity index (χ1n) is 9.92. The summed E-state index contributed by atoms with van der Waals surface area (Å²) in [5, 5.41) is 2.82. The highest BCUT2D eigenvalue weighted by Crippen LogP contribution is 2.26. The zero-order valence-electron chi connectivity index (χ0n) is 18.3. The van der Waals surface area contributed by atoms with Gasteiger partial charge in [-0.2, -0.15) is 0 Å². The summed E-state index contributed by atoms with van der Waals surface area (Å²) in [5.41, 5.74) is 3.63. The van der Waals surface area contributed by atoms with Crippen LogP contribution in [-0.4, -0.2) is 28.0 Å². The van der Waals surface area contributed by atoms with E-state index in [1.165, 1.54) is 43.5 Å². The molecule has 0 atom stereocenters. The Bertz CT molecular complexity index is 1200. The largest absolute Gasteiger partial charge is 0.497 e. The lowest BCUT2D eigenvalue weighted by Crippen LogP contribution is -2.38. The molecule has 3 aromatic carbocycles. The maximum Gasteiger partial charge on any atom is 0.264 e. The van der Waals surface area contributed by atoms with E-state index in [0.717, 1.165) is 33.1 Å². The number of rotatable bonds is 7. The van der Waals surface area contributed by atoms with E-state index in [2.05, 4.69) is 5.32 Å². The second kappa shape index (κ2) is 9.40. The second-order valence-electron chi connectivity index (χ2n) is 7.49. The molecule has 0 radical (unpaired) electrons. The van der Waals surface area contributed by atoms with Crippen molar-refractivity contribution >= 4 is 27.3 Å². The van der Waals surface area contributed by atoms with Gasteiger partial charge in [0.05, 0.1) is 17.7 Å². The van der Waals surface area contributed by atoms with Crippen LogP contribution in [0, 0.1) is 26.6 Å². The molecule has 168 valence electrons. The zero-order valence-corrected chi connectivity index (χ0v) is 19.2. The van der Waals surface area contributed by atoms with E-state index in [-0.39, 0.29) is 10.6 Å². The molecule has 6 nitrogen and oxygen atoms in total. The van der Waals surface area contributed by atoms with Gasteiger partial charge in [0.2, 0.25) is 5.91 Å². The van der Waals surface area contributed by atoms with Crippen LogP contribution in [0.5, 0.6) is 5.75 Å². The number of ether oxygens (including phenoxy) is 1. The van der Waals surface area contributed by atoms with Gasteiger partial charge in [0.1, 0.15) is 18.1 Å². The van der Waals surface area contributed by atoms with Gasteiger partial charge in [-0.05, 0) is 80.4 Å². The molecule has 3 rings (SSSR count). The van der Waals surface area contributed by atoms with Gasteiger partial charge in [-0.3, -0.25) is 9.10 Å². The molecule has 1 N–H and O–H groups in total. The van der Waals surface area contributed by atoms with Gasteiger partial charge in [0.15, 0.2) is 0 Å². The highest BCUT2D eigenvalue weighted by Gasteiger charge is 2.27. The molecule has 0 aromatic heterocycles. The van der Waals surface area contributed by atoms with Crippen LogP contribution in [0.15, 0.2) is 65.6 Å². The number of nitrogens with zero attached hydrogens (tertiary/aromatic N) is 1. The van der Waals surface area contributed by atoms with Crippen molar-refractivity contribution in [2.24, 2.45) is 0 Å². The van der Waals surface area contributed by atoms with E-state index in [1.807, 2.05) is 32.9 Å². The number of carbonyl (C=O) groups excluding carboxylic acids is 1. The van der Waals surface area contributed by atoms with Crippen LogP contribution in [0.25, 0.3) is 0 Å². The fourth-order valence-corrected chi connectivity index (χ4v) is 4.90. The van der Waals surface area contributed by atoms with Crippen LogP contribution in [0.3, 0.4) is 0 Å². The smallest absolute Gasteiger partial charge is 0.264 e. The molecule has 0 fully saturated rings. The van der Waals surface area contributed by atoms with Crippen molar-refractivity contribution in [1.82, 2.24) is 0 Å². The highest BCUT2D eigenvalue weighted by molar-refractivity contribution is 7.92. The summed E-state index contributed by atoms with van der Waals surface area (Å²) in [5.74, 6) is -0.521. The Kier molecular flexibility index (Phi) is 6.84. The van der Waals surface area contributed by atoms with Gasteiger partial charge in [0, 0.05) is 5.69 Å². The Morgan fingerprint density at radius 3 is 2.06 bits per heavy atom. The Morgan fingerprint density at radius 1 is 0.969 bits per heavy atom. The average molecular weight is 457 g/mol. The van der Waals surface area contributed by atoms with E-state index < -0.39 is 28.3 Å². The van der Waals surface area contributed by atoms with Crippen LogP contribution < -0.4 is 14.4 Å². The lowest BCUT2D eigenvalue weighted by Gasteiger charge is -2.24. The summed E-state index contributed by atoms with van der Waals surface area (Å²) in [4.78, 5) is 12.9. The molecule has 8 heteroatoms. The molecule has 1 amide bonds. The number of aryl methyl sites for hydroxylation is 3. The third-order valence-electron chi connectivity index (χ3n) is 4.99. The maximum atomic E-state index is 13.5. The fraction of sp³-hybridized carbons (Fsp3) is 0.208. The molecule has 0 heterocycles. The Balaban J connectivity index is 1.96. The number of amides is 1. The Labute approximate surface area is 187 Å². The first-order valence-corrected chi connectivity index (χ1v) is 11.4. The maximum absolute atomic E-state index is 13.5. The molecular weight excluding hydrogens is 431 g/mol.